The lowest BCUT2D eigenvalue weighted by Crippen LogP contribution is -2.26. The lowest BCUT2D eigenvalue weighted by Gasteiger charge is -2.14. The number of H-pyrrole nitrogens is 1. The zero-order valence-corrected chi connectivity index (χ0v) is 20.9. The maximum Gasteiger partial charge on any atom is 0.252 e. The van der Waals surface area contributed by atoms with E-state index in [2.05, 4.69) is 84.9 Å². The number of aromatic nitrogens is 1. The molecule has 0 saturated heterocycles. The third-order valence-corrected chi connectivity index (χ3v) is 6.00. The van der Waals surface area contributed by atoms with Gasteiger partial charge < -0.3 is 20.5 Å². The van der Waals surface area contributed by atoms with Crippen LogP contribution >= 0.6 is 24.8 Å². The van der Waals surface area contributed by atoms with Crippen molar-refractivity contribution in [2.24, 2.45) is 0 Å². The number of hydrogen-bond donors (Lipinski definition) is 3. The topological polar surface area (TPSA) is 60.2 Å². The Hall–Kier alpha value is -2.05. The molecule has 0 bridgehead atoms. The molecule has 7 heteroatoms. The van der Waals surface area contributed by atoms with Crippen LogP contribution in [0.4, 0.5) is 0 Å². The van der Waals surface area contributed by atoms with Crippen LogP contribution in [0.2, 0.25) is 0 Å². The van der Waals surface area contributed by atoms with Gasteiger partial charge in [-0.2, -0.15) is 0 Å². The Morgan fingerprint density at radius 1 is 1.03 bits per heavy atom. The highest BCUT2D eigenvalue weighted by Crippen LogP contribution is 2.33. The molecular formula is C25H34Cl2N4O. The number of halogens is 2. The van der Waals surface area contributed by atoms with E-state index in [1.807, 2.05) is 0 Å². The van der Waals surface area contributed by atoms with Crippen LogP contribution in [-0.4, -0.2) is 35.9 Å². The van der Waals surface area contributed by atoms with Gasteiger partial charge in [0.2, 0.25) is 0 Å². The molecule has 0 atom stereocenters. The summed E-state index contributed by atoms with van der Waals surface area (Å²) in [6.45, 7) is 6.78. The van der Waals surface area contributed by atoms with E-state index in [1.165, 1.54) is 16.5 Å². The summed E-state index contributed by atoms with van der Waals surface area (Å²) in [4.78, 5) is 18.2. The van der Waals surface area contributed by atoms with Crippen LogP contribution < -0.4 is 10.6 Å². The van der Waals surface area contributed by atoms with E-state index in [9.17, 15) is 4.79 Å². The summed E-state index contributed by atoms with van der Waals surface area (Å²) in [5, 5.41) is 7.80. The first-order valence-electron chi connectivity index (χ1n) is 10.9. The Kier molecular flexibility index (Phi) is 9.17. The number of fused-ring (bicyclic) bond motifs is 2. The molecule has 1 amide bonds. The largest absolute Gasteiger partial charge is 0.355 e. The van der Waals surface area contributed by atoms with Crippen molar-refractivity contribution in [1.82, 2.24) is 20.5 Å². The smallest absolute Gasteiger partial charge is 0.252 e. The second-order valence-electron chi connectivity index (χ2n) is 8.60. The summed E-state index contributed by atoms with van der Waals surface area (Å²) >= 11 is 0. The molecule has 0 unspecified atom stereocenters. The molecular weight excluding hydrogens is 443 g/mol. The van der Waals surface area contributed by atoms with Gasteiger partial charge in [-0.1, -0.05) is 26.0 Å². The van der Waals surface area contributed by atoms with Crippen LogP contribution in [-0.2, 0) is 19.6 Å². The zero-order valence-electron chi connectivity index (χ0n) is 19.2. The predicted molar refractivity (Wildman–Crippen MR) is 138 cm³/mol. The van der Waals surface area contributed by atoms with Crippen molar-refractivity contribution in [2.45, 2.75) is 52.4 Å². The van der Waals surface area contributed by atoms with Crippen LogP contribution in [0.1, 0.15) is 53.7 Å². The highest BCUT2D eigenvalue weighted by molar-refractivity contribution is 6.05. The Morgan fingerprint density at radius 3 is 2.47 bits per heavy atom. The summed E-state index contributed by atoms with van der Waals surface area (Å²) in [6, 6.07) is 13.6. The molecule has 2 aromatic carbocycles. The second kappa shape index (κ2) is 11.2. The molecule has 174 valence electrons. The van der Waals surface area contributed by atoms with Gasteiger partial charge in [0.05, 0.1) is 5.56 Å². The highest BCUT2D eigenvalue weighted by atomic mass is 35.5. The molecule has 0 radical (unpaired) electrons. The van der Waals surface area contributed by atoms with Gasteiger partial charge in [0.25, 0.3) is 5.91 Å². The van der Waals surface area contributed by atoms with Gasteiger partial charge in [0.15, 0.2) is 0 Å². The molecule has 32 heavy (non-hydrogen) atoms. The van der Waals surface area contributed by atoms with E-state index >= 15 is 0 Å². The van der Waals surface area contributed by atoms with Gasteiger partial charge in [0, 0.05) is 47.8 Å². The van der Waals surface area contributed by atoms with Gasteiger partial charge in [-0.25, -0.2) is 0 Å². The molecule has 4 rings (SSSR count). The van der Waals surface area contributed by atoms with Crippen molar-refractivity contribution < 1.29 is 4.79 Å². The fraction of sp³-hybridized carbons (Fsp3) is 0.400. The van der Waals surface area contributed by atoms with Gasteiger partial charge in [-0.15, -0.1) is 24.8 Å². The first kappa shape index (κ1) is 26.2. The fourth-order valence-electron chi connectivity index (χ4n) is 4.39. The van der Waals surface area contributed by atoms with Gasteiger partial charge in [0.1, 0.15) is 0 Å². The molecule has 0 spiro atoms. The molecule has 1 aliphatic rings. The number of carbonyl (C=O) groups is 1. The third-order valence-electron chi connectivity index (χ3n) is 6.00. The molecule has 3 aromatic rings. The minimum atomic E-state index is 0. The maximum atomic E-state index is 12.5. The van der Waals surface area contributed by atoms with Gasteiger partial charge in [-0.05, 0) is 67.9 Å². The summed E-state index contributed by atoms with van der Waals surface area (Å²) in [5.74, 6) is 0.0186. The van der Waals surface area contributed by atoms with E-state index in [-0.39, 0.29) is 30.7 Å². The second-order valence-corrected chi connectivity index (χ2v) is 8.60. The third kappa shape index (κ3) is 5.46. The number of nitrogens with zero attached hydrogens (tertiary/aromatic N) is 1. The monoisotopic (exact) mass is 476 g/mol. The predicted octanol–water partition coefficient (Wildman–Crippen LogP) is 5.26. The number of amides is 1. The van der Waals surface area contributed by atoms with Crippen molar-refractivity contribution in [2.75, 3.05) is 14.1 Å². The average Bonchev–Trinajstić information content (AvgIpc) is 3.31. The molecule has 3 N–H and O–H groups in total. The first-order chi connectivity index (χ1) is 14.5. The van der Waals surface area contributed by atoms with Crippen molar-refractivity contribution in [3.63, 3.8) is 0 Å². The summed E-state index contributed by atoms with van der Waals surface area (Å²) < 4.78 is 0. The Morgan fingerprint density at radius 2 is 1.78 bits per heavy atom. The SMILES string of the molecule is CCC(CC)NCc1ccc2[nH]c(-c3cc(CN(C)C)cc4c3C(=O)NC4)cc2c1.Cl.Cl. The van der Waals surface area contributed by atoms with E-state index in [1.54, 1.807) is 0 Å². The first-order valence-corrected chi connectivity index (χ1v) is 10.9. The number of carbonyl (C=O) groups excluding carboxylic acids is 1. The lowest BCUT2D eigenvalue weighted by atomic mass is 9.97. The van der Waals surface area contributed by atoms with Crippen LogP contribution in [0.3, 0.4) is 0 Å². The van der Waals surface area contributed by atoms with Crippen molar-refractivity contribution in [3.8, 4) is 11.3 Å². The van der Waals surface area contributed by atoms with Crippen LogP contribution in [0, 0.1) is 0 Å². The molecule has 1 aliphatic heterocycles. The number of nitrogens with one attached hydrogen (secondary N) is 3. The van der Waals surface area contributed by atoms with Crippen molar-refractivity contribution >= 4 is 41.6 Å². The molecule has 5 nitrogen and oxygen atoms in total. The maximum absolute atomic E-state index is 12.5. The summed E-state index contributed by atoms with van der Waals surface area (Å²) in [7, 11) is 4.13. The Balaban J connectivity index is 0.00000181. The van der Waals surface area contributed by atoms with E-state index < -0.39 is 0 Å². The van der Waals surface area contributed by atoms with Crippen LogP contribution in [0.25, 0.3) is 22.2 Å². The van der Waals surface area contributed by atoms with Crippen LogP contribution in [0.5, 0.6) is 0 Å². The molecule has 2 heterocycles. The van der Waals surface area contributed by atoms with Crippen LogP contribution in [0.15, 0.2) is 36.4 Å². The number of benzene rings is 2. The summed E-state index contributed by atoms with van der Waals surface area (Å²) in [5.41, 5.74) is 7.49. The Labute approximate surface area is 203 Å². The zero-order chi connectivity index (χ0) is 21.3. The number of hydrogen-bond acceptors (Lipinski definition) is 3. The minimum absolute atomic E-state index is 0. The molecule has 0 fully saturated rings. The fourth-order valence-corrected chi connectivity index (χ4v) is 4.39. The lowest BCUT2D eigenvalue weighted by molar-refractivity contribution is 0.0966. The molecule has 0 saturated carbocycles. The number of aromatic amines is 1. The van der Waals surface area contributed by atoms with Gasteiger partial charge >= 0.3 is 0 Å². The standard InChI is InChI=1S/C25H32N4O.2ClH/c1-5-20(6-2)26-13-16-7-8-22-18(9-16)12-23(28-22)21-11-17(15-29(3)4)10-19-14-27-25(30)24(19)21;;/h7-12,20,26,28H,5-6,13-15H2,1-4H3,(H,27,30);2*1H. The van der Waals surface area contributed by atoms with Crippen molar-refractivity contribution in [3.05, 3.63) is 58.7 Å². The van der Waals surface area contributed by atoms with E-state index in [4.69, 9.17) is 0 Å². The highest BCUT2D eigenvalue weighted by Gasteiger charge is 2.25. The average molecular weight is 477 g/mol. The minimum Gasteiger partial charge on any atom is -0.355 e. The van der Waals surface area contributed by atoms with Crippen molar-refractivity contribution in [1.29, 1.82) is 0 Å². The molecule has 1 aromatic heterocycles. The number of rotatable bonds is 8. The van der Waals surface area contributed by atoms with E-state index in [0.29, 0.717) is 12.6 Å². The Bertz CT molecular complexity index is 1070. The normalized spacial score (nSPS) is 12.6. The van der Waals surface area contributed by atoms with E-state index in [0.717, 1.165) is 53.8 Å². The summed E-state index contributed by atoms with van der Waals surface area (Å²) in [6.07, 6.45) is 2.28. The van der Waals surface area contributed by atoms with Gasteiger partial charge in [-0.3, -0.25) is 4.79 Å². The quantitative estimate of drug-likeness (QED) is 0.415. The molecule has 0 aliphatic carbocycles.